The number of benzene rings is 1. The third kappa shape index (κ3) is 2.03. The molecule has 3 rings (SSSR count). The molecule has 0 saturated heterocycles. The first kappa shape index (κ1) is 12.3. The van der Waals surface area contributed by atoms with Crippen molar-refractivity contribution in [3.05, 3.63) is 35.0 Å². The van der Waals surface area contributed by atoms with Gasteiger partial charge in [-0.25, -0.2) is 0 Å². The molecule has 1 aliphatic carbocycles. The first-order chi connectivity index (χ1) is 9.11. The lowest BCUT2D eigenvalue weighted by Crippen LogP contribution is -2.25. The summed E-state index contributed by atoms with van der Waals surface area (Å²) in [6, 6.07) is 6.44. The van der Waals surface area contributed by atoms with E-state index < -0.39 is 0 Å². The SMILES string of the molecule is CCn1c(C)c(C)c2cc(C(=O)NC3CC3)ccc21. The third-order valence-electron chi connectivity index (χ3n) is 4.13. The van der Waals surface area contributed by atoms with Crippen LogP contribution in [-0.2, 0) is 6.54 Å². The Kier molecular flexibility index (Phi) is 2.85. The highest BCUT2D eigenvalue weighted by atomic mass is 16.1. The first-order valence-electron chi connectivity index (χ1n) is 7.02. The minimum Gasteiger partial charge on any atom is -0.349 e. The monoisotopic (exact) mass is 256 g/mol. The van der Waals surface area contributed by atoms with Gasteiger partial charge in [-0.2, -0.15) is 0 Å². The molecule has 1 saturated carbocycles. The maximum Gasteiger partial charge on any atom is 0.251 e. The van der Waals surface area contributed by atoms with Gasteiger partial charge in [0.15, 0.2) is 0 Å². The van der Waals surface area contributed by atoms with E-state index in [0.717, 1.165) is 24.9 Å². The quantitative estimate of drug-likeness (QED) is 0.899. The topological polar surface area (TPSA) is 34.0 Å². The molecule has 2 aromatic rings. The van der Waals surface area contributed by atoms with E-state index in [0.29, 0.717) is 6.04 Å². The van der Waals surface area contributed by atoms with Crippen molar-refractivity contribution < 1.29 is 4.79 Å². The van der Waals surface area contributed by atoms with Crippen molar-refractivity contribution in [1.29, 1.82) is 0 Å². The Bertz CT molecular complexity index is 650. The number of aryl methyl sites for hydroxylation is 2. The molecule has 100 valence electrons. The van der Waals surface area contributed by atoms with Gasteiger partial charge in [0, 0.05) is 34.7 Å². The van der Waals surface area contributed by atoms with Crippen LogP contribution in [0.25, 0.3) is 10.9 Å². The Hall–Kier alpha value is -1.77. The molecule has 0 unspecified atom stereocenters. The highest BCUT2D eigenvalue weighted by Gasteiger charge is 2.24. The lowest BCUT2D eigenvalue weighted by Gasteiger charge is -2.05. The molecule has 1 aromatic carbocycles. The number of nitrogens with zero attached hydrogens (tertiary/aromatic N) is 1. The number of rotatable bonds is 3. The maximum atomic E-state index is 12.1. The number of amides is 1. The zero-order valence-electron chi connectivity index (χ0n) is 11.8. The Morgan fingerprint density at radius 1 is 1.37 bits per heavy atom. The zero-order valence-corrected chi connectivity index (χ0v) is 11.8. The summed E-state index contributed by atoms with van der Waals surface area (Å²) in [7, 11) is 0. The Morgan fingerprint density at radius 3 is 2.74 bits per heavy atom. The number of carbonyl (C=O) groups is 1. The van der Waals surface area contributed by atoms with Crippen LogP contribution in [0.1, 0.15) is 41.4 Å². The number of aromatic nitrogens is 1. The summed E-state index contributed by atoms with van der Waals surface area (Å²) in [5.74, 6) is 0.0608. The molecule has 0 aliphatic heterocycles. The van der Waals surface area contributed by atoms with E-state index in [1.165, 1.54) is 22.2 Å². The number of hydrogen-bond donors (Lipinski definition) is 1. The second-order valence-electron chi connectivity index (χ2n) is 5.43. The van der Waals surface area contributed by atoms with Gasteiger partial charge in [-0.05, 0) is 57.4 Å². The summed E-state index contributed by atoms with van der Waals surface area (Å²) < 4.78 is 2.30. The molecule has 19 heavy (non-hydrogen) atoms. The van der Waals surface area contributed by atoms with Crippen LogP contribution in [0.2, 0.25) is 0 Å². The van der Waals surface area contributed by atoms with Crippen molar-refractivity contribution in [2.45, 2.75) is 46.2 Å². The molecule has 1 fully saturated rings. The fourth-order valence-corrected chi connectivity index (χ4v) is 2.69. The summed E-state index contributed by atoms with van der Waals surface area (Å²) in [4.78, 5) is 12.1. The van der Waals surface area contributed by atoms with Gasteiger partial charge < -0.3 is 9.88 Å². The molecule has 1 heterocycles. The van der Waals surface area contributed by atoms with Gasteiger partial charge in [0.25, 0.3) is 5.91 Å². The van der Waals surface area contributed by atoms with Crippen molar-refractivity contribution in [3.8, 4) is 0 Å². The van der Waals surface area contributed by atoms with Crippen LogP contribution in [0.5, 0.6) is 0 Å². The van der Waals surface area contributed by atoms with Crippen LogP contribution < -0.4 is 5.32 Å². The maximum absolute atomic E-state index is 12.1. The van der Waals surface area contributed by atoms with Gasteiger partial charge in [0.2, 0.25) is 0 Å². The Balaban J connectivity index is 2.04. The van der Waals surface area contributed by atoms with E-state index in [9.17, 15) is 4.79 Å². The largest absolute Gasteiger partial charge is 0.349 e. The highest BCUT2D eigenvalue weighted by Crippen LogP contribution is 2.26. The van der Waals surface area contributed by atoms with Crippen molar-refractivity contribution in [2.75, 3.05) is 0 Å². The van der Waals surface area contributed by atoms with Crippen molar-refractivity contribution in [2.24, 2.45) is 0 Å². The minimum atomic E-state index is 0.0608. The van der Waals surface area contributed by atoms with Crippen molar-refractivity contribution >= 4 is 16.8 Å². The van der Waals surface area contributed by atoms with Crippen LogP contribution in [0.4, 0.5) is 0 Å². The van der Waals surface area contributed by atoms with Gasteiger partial charge >= 0.3 is 0 Å². The Morgan fingerprint density at radius 2 is 2.11 bits per heavy atom. The molecule has 3 heteroatoms. The van der Waals surface area contributed by atoms with Gasteiger partial charge in [-0.3, -0.25) is 4.79 Å². The number of nitrogens with one attached hydrogen (secondary N) is 1. The summed E-state index contributed by atoms with van der Waals surface area (Å²) >= 11 is 0. The Labute approximate surface area is 113 Å². The number of carbonyl (C=O) groups excluding carboxylic acids is 1. The van der Waals surface area contributed by atoms with Crippen LogP contribution >= 0.6 is 0 Å². The van der Waals surface area contributed by atoms with Crippen LogP contribution in [0, 0.1) is 13.8 Å². The zero-order chi connectivity index (χ0) is 13.6. The summed E-state index contributed by atoms with van der Waals surface area (Å²) in [6.45, 7) is 7.39. The lowest BCUT2D eigenvalue weighted by molar-refractivity contribution is 0.0951. The molecule has 1 aliphatic rings. The molecule has 0 bridgehead atoms. The van der Waals surface area contributed by atoms with Crippen molar-refractivity contribution in [3.63, 3.8) is 0 Å². The van der Waals surface area contributed by atoms with Gasteiger partial charge in [-0.1, -0.05) is 0 Å². The third-order valence-corrected chi connectivity index (χ3v) is 4.13. The number of hydrogen-bond acceptors (Lipinski definition) is 1. The van der Waals surface area contributed by atoms with E-state index in [2.05, 4.69) is 36.7 Å². The minimum absolute atomic E-state index is 0.0608. The molecular weight excluding hydrogens is 236 g/mol. The van der Waals surface area contributed by atoms with Gasteiger partial charge in [0.05, 0.1) is 0 Å². The average molecular weight is 256 g/mol. The molecule has 1 amide bonds. The van der Waals surface area contributed by atoms with Crippen LogP contribution in [0.15, 0.2) is 18.2 Å². The molecule has 0 radical (unpaired) electrons. The standard InChI is InChI=1S/C16H20N2O/c1-4-18-11(3)10(2)14-9-12(5-8-15(14)18)16(19)17-13-6-7-13/h5,8-9,13H,4,6-7H2,1-3H3,(H,17,19). The van der Waals surface area contributed by atoms with Gasteiger partial charge in [0.1, 0.15) is 0 Å². The van der Waals surface area contributed by atoms with Gasteiger partial charge in [-0.15, -0.1) is 0 Å². The molecular formula is C16H20N2O. The predicted molar refractivity (Wildman–Crippen MR) is 77.6 cm³/mol. The van der Waals surface area contributed by atoms with Crippen LogP contribution in [-0.4, -0.2) is 16.5 Å². The molecule has 3 nitrogen and oxygen atoms in total. The molecule has 0 atom stereocenters. The van der Waals surface area contributed by atoms with E-state index in [1.54, 1.807) is 0 Å². The fourth-order valence-electron chi connectivity index (χ4n) is 2.69. The molecule has 0 spiro atoms. The lowest BCUT2D eigenvalue weighted by atomic mass is 10.1. The number of fused-ring (bicyclic) bond motifs is 1. The second kappa shape index (κ2) is 4.41. The summed E-state index contributed by atoms with van der Waals surface area (Å²) in [5.41, 5.74) is 4.56. The first-order valence-corrected chi connectivity index (χ1v) is 7.02. The smallest absolute Gasteiger partial charge is 0.251 e. The van der Waals surface area contributed by atoms with E-state index in [4.69, 9.17) is 0 Å². The summed E-state index contributed by atoms with van der Waals surface area (Å²) in [5, 5.41) is 4.24. The van der Waals surface area contributed by atoms with E-state index in [1.807, 2.05) is 12.1 Å². The normalized spacial score (nSPS) is 14.9. The van der Waals surface area contributed by atoms with E-state index >= 15 is 0 Å². The fraction of sp³-hybridized carbons (Fsp3) is 0.438. The second-order valence-corrected chi connectivity index (χ2v) is 5.43. The average Bonchev–Trinajstić information content (AvgIpc) is 3.18. The molecule has 1 aromatic heterocycles. The summed E-state index contributed by atoms with van der Waals surface area (Å²) in [6.07, 6.45) is 2.25. The highest BCUT2D eigenvalue weighted by molar-refractivity contribution is 5.99. The van der Waals surface area contributed by atoms with Crippen molar-refractivity contribution in [1.82, 2.24) is 9.88 Å². The molecule has 1 N–H and O–H groups in total. The predicted octanol–water partition coefficient (Wildman–Crippen LogP) is 3.17. The van der Waals surface area contributed by atoms with E-state index in [-0.39, 0.29) is 5.91 Å². The van der Waals surface area contributed by atoms with Crippen LogP contribution in [0.3, 0.4) is 0 Å².